The molecule has 1 atom stereocenters. The van der Waals surface area contributed by atoms with Crippen LogP contribution in [-0.4, -0.2) is 35.2 Å². The van der Waals surface area contributed by atoms with Crippen LogP contribution in [0.25, 0.3) is 0 Å². The summed E-state index contributed by atoms with van der Waals surface area (Å²) >= 11 is 0. The minimum Gasteiger partial charge on any atom is -0.326 e. The van der Waals surface area contributed by atoms with Gasteiger partial charge in [-0.1, -0.05) is 56.2 Å². The van der Waals surface area contributed by atoms with E-state index >= 15 is 0 Å². The number of anilines is 2. The fraction of sp³-hybridized carbons (Fsp3) is 0.304. The average Bonchev–Trinajstić information content (AvgIpc) is 2.97. The molecule has 31 heavy (non-hydrogen) atoms. The third kappa shape index (κ3) is 4.91. The van der Waals surface area contributed by atoms with Crippen LogP contribution in [0.15, 0.2) is 54.6 Å². The number of hydrogen-bond donors (Lipinski definition) is 3. The third-order valence-corrected chi connectivity index (χ3v) is 5.12. The Labute approximate surface area is 181 Å². The number of benzene rings is 2. The molecular weight excluding hydrogens is 396 g/mol. The van der Waals surface area contributed by atoms with Crippen molar-refractivity contribution >= 4 is 35.1 Å². The van der Waals surface area contributed by atoms with Crippen LogP contribution in [0.5, 0.6) is 0 Å². The predicted molar refractivity (Wildman–Crippen MR) is 117 cm³/mol. The first kappa shape index (κ1) is 22.0. The van der Waals surface area contributed by atoms with Crippen molar-refractivity contribution in [2.75, 3.05) is 17.2 Å². The highest BCUT2D eigenvalue weighted by Crippen LogP contribution is 2.34. The summed E-state index contributed by atoms with van der Waals surface area (Å²) in [6, 6.07) is 15.1. The Kier molecular flexibility index (Phi) is 6.69. The van der Waals surface area contributed by atoms with Crippen molar-refractivity contribution in [1.29, 1.82) is 0 Å². The zero-order valence-corrected chi connectivity index (χ0v) is 17.6. The molecule has 8 heteroatoms. The lowest BCUT2D eigenvalue weighted by Gasteiger charge is -2.27. The van der Waals surface area contributed by atoms with Gasteiger partial charge in [0.25, 0.3) is 5.91 Å². The minimum absolute atomic E-state index is 0.229. The van der Waals surface area contributed by atoms with Crippen molar-refractivity contribution in [3.05, 3.63) is 60.2 Å². The lowest BCUT2D eigenvalue weighted by molar-refractivity contribution is -0.134. The summed E-state index contributed by atoms with van der Waals surface area (Å²) in [5.74, 6) is -1.17. The van der Waals surface area contributed by atoms with E-state index in [0.29, 0.717) is 23.4 Å². The first-order chi connectivity index (χ1) is 14.9. The highest BCUT2D eigenvalue weighted by molar-refractivity contribution is 6.10. The van der Waals surface area contributed by atoms with Crippen molar-refractivity contribution in [1.82, 2.24) is 10.2 Å². The van der Waals surface area contributed by atoms with E-state index in [2.05, 4.69) is 16.0 Å². The van der Waals surface area contributed by atoms with Gasteiger partial charge in [-0.25, -0.2) is 4.79 Å². The van der Waals surface area contributed by atoms with Crippen molar-refractivity contribution in [2.45, 2.75) is 38.6 Å². The smallest absolute Gasteiger partial charge is 0.325 e. The first-order valence-corrected chi connectivity index (χ1v) is 10.2. The fourth-order valence-corrected chi connectivity index (χ4v) is 3.67. The van der Waals surface area contributed by atoms with Gasteiger partial charge in [-0.05, 0) is 30.2 Å². The molecule has 1 heterocycles. The number of rotatable bonds is 8. The maximum Gasteiger partial charge on any atom is 0.325 e. The molecule has 0 radical (unpaired) electrons. The van der Waals surface area contributed by atoms with E-state index in [0.717, 1.165) is 17.7 Å². The number of nitrogens with one attached hydrogen (secondary N) is 3. The Bertz CT molecular complexity index is 992. The number of nitrogens with zero attached hydrogens (tertiary/aromatic N) is 1. The third-order valence-electron chi connectivity index (χ3n) is 5.12. The molecule has 2 aromatic rings. The molecule has 1 aliphatic heterocycles. The molecule has 1 aliphatic rings. The van der Waals surface area contributed by atoms with Crippen LogP contribution in [0.1, 0.15) is 38.7 Å². The van der Waals surface area contributed by atoms with Gasteiger partial charge in [0, 0.05) is 18.3 Å². The highest BCUT2D eigenvalue weighted by Gasteiger charge is 2.52. The number of carbonyl (C=O) groups is 4. The normalized spacial score (nSPS) is 17.9. The molecular formula is C23H26N4O4. The molecule has 0 bridgehead atoms. The van der Waals surface area contributed by atoms with Gasteiger partial charge in [-0.3, -0.25) is 19.3 Å². The van der Waals surface area contributed by atoms with Gasteiger partial charge in [0.2, 0.25) is 11.8 Å². The summed E-state index contributed by atoms with van der Waals surface area (Å²) in [5.41, 5.74) is 0.513. The highest BCUT2D eigenvalue weighted by atomic mass is 16.2. The molecule has 5 amide bonds. The average molecular weight is 422 g/mol. The van der Waals surface area contributed by atoms with E-state index in [1.165, 1.54) is 6.92 Å². The number of carbonyl (C=O) groups excluding carboxylic acids is 4. The van der Waals surface area contributed by atoms with Crippen LogP contribution in [-0.2, 0) is 19.9 Å². The number of urea groups is 1. The van der Waals surface area contributed by atoms with Gasteiger partial charge in [-0.15, -0.1) is 0 Å². The van der Waals surface area contributed by atoms with Crippen molar-refractivity contribution in [2.24, 2.45) is 0 Å². The molecule has 3 rings (SSSR count). The lowest BCUT2D eigenvalue weighted by atomic mass is 9.85. The van der Waals surface area contributed by atoms with Gasteiger partial charge < -0.3 is 16.0 Å². The van der Waals surface area contributed by atoms with E-state index < -0.39 is 29.9 Å². The monoisotopic (exact) mass is 422 g/mol. The van der Waals surface area contributed by atoms with E-state index in [-0.39, 0.29) is 5.91 Å². The Morgan fingerprint density at radius 1 is 1.00 bits per heavy atom. The number of amides is 5. The number of hydrogen-bond acceptors (Lipinski definition) is 4. The van der Waals surface area contributed by atoms with E-state index in [4.69, 9.17) is 0 Å². The van der Waals surface area contributed by atoms with Crippen molar-refractivity contribution in [3.8, 4) is 0 Å². The largest absolute Gasteiger partial charge is 0.326 e. The van der Waals surface area contributed by atoms with Crippen LogP contribution >= 0.6 is 0 Å². The van der Waals surface area contributed by atoms with Gasteiger partial charge in [0.1, 0.15) is 12.1 Å². The van der Waals surface area contributed by atoms with Gasteiger partial charge >= 0.3 is 6.03 Å². The second kappa shape index (κ2) is 9.42. The molecule has 8 nitrogen and oxygen atoms in total. The molecule has 162 valence electrons. The van der Waals surface area contributed by atoms with Gasteiger partial charge in [-0.2, -0.15) is 0 Å². The molecule has 0 saturated carbocycles. The number of imide groups is 1. The maximum atomic E-state index is 13.3. The van der Waals surface area contributed by atoms with Crippen LogP contribution in [0, 0.1) is 0 Å². The fourth-order valence-electron chi connectivity index (χ4n) is 3.67. The molecule has 1 unspecified atom stereocenters. The molecule has 1 saturated heterocycles. The predicted octanol–water partition coefficient (Wildman–Crippen LogP) is 3.22. The van der Waals surface area contributed by atoms with Crippen molar-refractivity contribution in [3.63, 3.8) is 0 Å². The molecule has 2 aromatic carbocycles. The van der Waals surface area contributed by atoms with E-state index in [9.17, 15) is 19.2 Å². The SMILES string of the molecule is CCCCC1(c2ccccc2)NC(=O)N(CC(=O)Nc2cccc(NC(C)=O)c2)C1=O. The molecule has 1 fully saturated rings. The lowest BCUT2D eigenvalue weighted by Crippen LogP contribution is -2.44. The van der Waals surface area contributed by atoms with E-state index in [1.807, 2.05) is 37.3 Å². The summed E-state index contributed by atoms with van der Waals surface area (Å²) in [5, 5.41) is 8.13. The zero-order valence-electron chi connectivity index (χ0n) is 17.6. The van der Waals surface area contributed by atoms with E-state index in [1.54, 1.807) is 24.3 Å². The second-order valence-electron chi connectivity index (χ2n) is 7.51. The van der Waals surface area contributed by atoms with Crippen molar-refractivity contribution < 1.29 is 19.2 Å². The summed E-state index contributed by atoms with van der Waals surface area (Å²) in [6.07, 6.45) is 2.06. The summed E-state index contributed by atoms with van der Waals surface area (Å²) in [6.45, 7) is 3.00. The first-order valence-electron chi connectivity index (χ1n) is 10.2. The zero-order chi connectivity index (χ0) is 22.4. The molecule has 3 N–H and O–H groups in total. The topological polar surface area (TPSA) is 108 Å². The number of unbranched alkanes of at least 4 members (excludes halogenated alkanes) is 1. The Balaban J connectivity index is 1.76. The van der Waals surface area contributed by atoms with Crippen LogP contribution < -0.4 is 16.0 Å². The summed E-state index contributed by atoms with van der Waals surface area (Å²) in [7, 11) is 0. The molecule has 0 aromatic heterocycles. The van der Waals surface area contributed by atoms with Gasteiger partial charge in [0.15, 0.2) is 0 Å². The van der Waals surface area contributed by atoms with Crippen LogP contribution in [0.2, 0.25) is 0 Å². The standard InChI is InChI=1S/C23H26N4O4/c1-3-4-13-23(17-9-6-5-7-10-17)21(30)27(22(31)26-23)15-20(29)25-19-12-8-11-18(14-19)24-16(2)28/h5-12,14H,3-4,13,15H2,1-2H3,(H,24,28)(H,25,29)(H,26,31). The van der Waals surface area contributed by atoms with Crippen LogP contribution in [0.4, 0.5) is 16.2 Å². The molecule has 0 spiro atoms. The Morgan fingerprint density at radius 2 is 1.68 bits per heavy atom. The maximum absolute atomic E-state index is 13.3. The Hall–Kier alpha value is -3.68. The Morgan fingerprint density at radius 3 is 2.32 bits per heavy atom. The summed E-state index contributed by atoms with van der Waals surface area (Å²) < 4.78 is 0. The molecule has 0 aliphatic carbocycles. The quantitative estimate of drug-likeness (QED) is 0.568. The minimum atomic E-state index is -1.17. The second-order valence-corrected chi connectivity index (χ2v) is 7.51. The van der Waals surface area contributed by atoms with Gasteiger partial charge in [0.05, 0.1) is 0 Å². The van der Waals surface area contributed by atoms with Crippen LogP contribution in [0.3, 0.4) is 0 Å². The summed E-state index contributed by atoms with van der Waals surface area (Å²) in [4.78, 5) is 50.7.